The van der Waals surface area contributed by atoms with Gasteiger partial charge < -0.3 is 33.9 Å². The average Bonchev–Trinajstić information content (AvgIpc) is 3.65. The summed E-state index contributed by atoms with van der Waals surface area (Å²) in [5.41, 5.74) is -0.771. The molecular formula is C29H40O9. The molecule has 9 heteroatoms. The topological polar surface area (TPSA) is 124 Å². The number of carbonyl (C=O) groups is 2. The smallest absolute Gasteiger partial charge is 0.335 e. The number of esters is 2. The summed E-state index contributed by atoms with van der Waals surface area (Å²) in [4.78, 5) is 26.0. The summed E-state index contributed by atoms with van der Waals surface area (Å²) in [6.45, 7) is 8.27. The summed E-state index contributed by atoms with van der Waals surface area (Å²) >= 11 is 0. The van der Waals surface area contributed by atoms with Crippen molar-refractivity contribution >= 4 is 11.9 Å². The molecule has 1 saturated carbocycles. The molecule has 10 atom stereocenters. The van der Waals surface area contributed by atoms with Gasteiger partial charge in [-0.1, -0.05) is 43.7 Å². The van der Waals surface area contributed by atoms with Crippen LogP contribution in [0.15, 0.2) is 36.0 Å². The zero-order valence-corrected chi connectivity index (χ0v) is 22.6. The Hall–Kier alpha value is -2.04. The van der Waals surface area contributed by atoms with Crippen LogP contribution in [-0.2, 0) is 33.3 Å². The third kappa shape index (κ3) is 4.36. The molecule has 0 radical (unpaired) electrons. The third-order valence-electron chi connectivity index (χ3n) is 9.73. The highest BCUT2D eigenvalue weighted by molar-refractivity contribution is 5.82. The molecule has 38 heavy (non-hydrogen) atoms. The number of rotatable bonds is 1. The first-order valence-electron chi connectivity index (χ1n) is 13.7. The quantitative estimate of drug-likeness (QED) is 0.298. The zero-order valence-electron chi connectivity index (χ0n) is 22.6. The second-order valence-corrected chi connectivity index (χ2v) is 11.9. The van der Waals surface area contributed by atoms with Crippen molar-refractivity contribution in [1.29, 1.82) is 0 Å². The second kappa shape index (κ2) is 10.2. The fourth-order valence-electron chi connectivity index (χ4n) is 7.04. The Bertz CT molecular complexity index is 1030. The van der Waals surface area contributed by atoms with Gasteiger partial charge in [0.1, 0.15) is 24.4 Å². The highest BCUT2D eigenvalue weighted by Crippen LogP contribution is 2.72. The standard InChI is InChI=1S/C29H40O9/c1-17-9-11-28-15-35-26(33)25(32)18(2)10-12-34-20(19(3)30)7-5-6-8-24(31)38-21-14-23(37-22(28)13-17)29(16-36-29)27(21,28)4/h5-8,13,18-23,25,30,32H,9-12,14-16H2,1-4H3/b7-5+,8-6-/t18?,19?,20?,21-,22-,23-,25?,27-,28-,29+/m1/s1. The van der Waals surface area contributed by atoms with Gasteiger partial charge in [-0.05, 0) is 39.0 Å². The van der Waals surface area contributed by atoms with Crippen molar-refractivity contribution in [3.63, 3.8) is 0 Å². The van der Waals surface area contributed by atoms with Gasteiger partial charge in [0.15, 0.2) is 6.10 Å². The average molecular weight is 533 g/mol. The lowest BCUT2D eigenvalue weighted by Gasteiger charge is -2.58. The van der Waals surface area contributed by atoms with Crippen molar-refractivity contribution < 1.29 is 43.5 Å². The minimum atomic E-state index is -1.33. The zero-order chi connectivity index (χ0) is 27.3. The van der Waals surface area contributed by atoms with Crippen LogP contribution in [-0.4, -0.2) is 84.2 Å². The van der Waals surface area contributed by atoms with Crippen molar-refractivity contribution in [2.45, 2.75) is 95.6 Å². The Morgan fingerprint density at radius 3 is 2.63 bits per heavy atom. The van der Waals surface area contributed by atoms with Gasteiger partial charge in [-0.25, -0.2) is 9.59 Å². The first kappa shape index (κ1) is 27.5. The molecule has 3 aliphatic heterocycles. The molecule has 2 saturated heterocycles. The minimum absolute atomic E-state index is 0.0195. The van der Waals surface area contributed by atoms with Crippen LogP contribution in [0.1, 0.15) is 53.4 Å². The number of hydrogen-bond donors (Lipinski definition) is 2. The number of hydrogen-bond acceptors (Lipinski definition) is 9. The molecule has 4 unspecified atom stereocenters. The molecule has 0 aromatic carbocycles. The minimum Gasteiger partial charge on any atom is -0.463 e. The highest BCUT2D eigenvalue weighted by atomic mass is 16.6. The Labute approximate surface area is 223 Å². The summed E-state index contributed by atoms with van der Waals surface area (Å²) in [5, 5.41) is 20.8. The first-order chi connectivity index (χ1) is 18.0. The fourth-order valence-corrected chi connectivity index (χ4v) is 7.04. The molecule has 2 aliphatic carbocycles. The molecule has 5 aliphatic rings. The number of allylic oxidation sites excluding steroid dienone is 3. The van der Waals surface area contributed by atoms with E-state index in [1.807, 2.05) is 0 Å². The molecule has 2 bridgehead atoms. The van der Waals surface area contributed by atoms with Crippen LogP contribution in [0.2, 0.25) is 0 Å². The van der Waals surface area contributed by atoms with Crippen LogP contribution >= 0.6 is 0 Å². The van der Waals surface area contributed by atoms with E-state index in [1.54, 1.807) is 32.1 Å². The number of cyclic esters (lactones) is 1. The first-order valence-corrected chi connectivity index (χ1v) is 13.7. The molecule has 0 aromatic rings. The Morgan fingerprint density at radius 2 is 1.92 bits per heavy atom. The molecule has 2 N–H and O–H groups in total. The lowest BCUT2D eigenvalue weighted by atomic mass is 9.51. The largest absolute Gasteiger partial charge is 0.463 e. The van der Waals surface area contributed by atoms with E-state index in [0.29, 0.717) is 25.9 Å². The molecule has 0 aromatic heterocycles. The van der Waals surface area contributed by atoms with E-state index in [4.69, 9.17) is 23.7 Å². The van der Waals surface area contributed by atoms with Crippen molar-refractivity contribution in [3.05, 3.63) is 36.0 Å². The van der Waals surface area contributed by atoms with Crippen LogP contribution in [0.3, 0.4) is 0 Å². The Kier molecular flexibility index (Phi) is 7.37. The summed E-state index contributed by atoms with van der Waals surface area (Å²) in [6, 6.07) is 0. The second-order valence-electron chi connectivity index (χ2n) is 11.9. The maximum atomic E-state index is 13.1. The van der Waals surface area contributed by atoms with Gasteiger partial charge in [-0.2, -0.15) is 0 Å². The van der Waals surface area contributed by atoms with Crippen LogP contribution in [0.25, 0.3) is 0 Å². The maximum Gasteiger partial charge on any atom is 0.335 e. The van der Waals surface area contributed by atoms with Gasteiger partial charge in [-0.3, -0.25) is 0 Å². The van der Waals surface area contributed by atoms with Crippen molar-refractivity contribution in [1.82, 2.24) is 0 Å². The van der Waals surface area contributed by atoms with E-state index in [-0.39, 0.29) is 25.4 Å². The van der Waals surface area contributed by atoms with Crippen LogP contribution in [0.4, 0.5) is 0 Å². The molecule has 9 nitrogen and oxygen atoms in total. The molecule has 210 valence electrons. The molecule has 5 rings (SSSR count). The predicted molar refractivity (Wildman–Crippen MR) is 136 cm³/mol. The number of aliphatic hydroxyl groups excluding tert-OH is 2. The van der Waals surface area contributed by atoms with Crippen molar-refractivity contribution in [2.24, 2.45) is 16.7 Å². The summed E-state index contributed by atoms with van der Waals surface area (Å²) in [6.07, 6.45) is 6.89. The predicted octanol–water partition coefficient (Wildman–Crippen LogP) is 2.39. The van der Waals surface area contributed by atoms with E-state index in [1.165, 1.54) is 11.6 Å². The maximum absolute atomic E-state index is 13.1. The van der Waals surface area contributed by atoms with Crippen molar-refractivity contribution in [2.75, 3.05) is 19.8 Å². The van der Waals surface area contributed by atoms with Gasteiger partial charge in [0.25, 0.3) is 0 Å². The molecule has 3 heterocycles. The van der Waals surface area contributed by atoms with Crippen LogP contribution in [0.5, 0.6) is 0 Å². The molecule has 2 spiro atoms. The lowest BCUT2D eigenvalue weighted by molar-refractivity contribution is -0.234. The van der Waals surface area contributed by atoms with E-state index < -0.39 is 58.7 Å². The van der Waals surface area contributed by atoms with Gasteiger partial charge >= 0.3 is 11.9 Å². The molecular weight excluding hydrogens is 492 g/mol. The normalized spacial score (nSPS) is 48.0. The van der Waals surface area contributed by atoms with Gasteiger partial charge in [0.2, 0.25) is 0 Å². The highest BCUT2D eigenvalue weighted by Gasteiger charge is 2.83. The summed E-state index contributed by atoms with van der Waals surface area (Å²) in [7, 11) is 0. The summed E-state index contributed by atoms with van der Waals surface area (Å²) < 4.78 is 30.4. The third-order valence-corrected chi connectivity index (χ3v) is 9.73. The van der Waals surface area contributed by atoms with E-state index >= 15 is 0 Å². The molecule has 3 fully saturated rings. The monoisotopic (exact) mass is 532 g/mol. The Balaban J connectivity index is 1.51. The number of epoxide rings is 1. The van der Waals surface area contributed by atoms with E-state index in [2.05, 4.69) is 19.9 Å². The number of ether oxygens (including phenoxy) is 5. The van der Waals surface area contributed by atoms with Gasteiger partial charge in [0.05, 0.1) is 30.3 Å². The number of carbonyl (C=O) groups excluding carboxylic acids is 2. The van der Waals surface area contributed by atoms with Gasteiger partial charge in [-0.15, -0.1) is 0 Å². The van der Waals surface area contributed by atoms with E-state index in [9.17, 15) is 19.8 Å². The number of aliphatic hydroxyl groups is 2. The van der Waals surface area contributed by atoms with Gasteiger partial charge in [0, 0.05) is 24.5 Å². The Morgan fingerprint density at radius 1 is 1.16 bits per heavy atom. The summed E-state index contributed by atoms with van der Waals surface area (Å²) in [5.74, 6) is -1.60. The van der Waals surface area contributed by atoms with Crippen LogP contribution in [0, 0.1) is 16.7 Å². The fraction of sp³-hybridized carbons (Fsp3) is 0.724. The van der Waals surface area contributed by atoms with Crippen molar-refractivity contribution in [3.8, 4) is 0 Å². The van der Waals surface area contributed by atoms with E-state index in [0.717, 1.165) is 6.42 Å². The van der Waals surface area contributed by atoms with Crippen LogP contribution < -0.4 is 0 Å². The SMILES string of the molecule is CC1=C[C@H]2O[C@@H]3C[C@H]4OC(=O)/C=C\C=C\C(C(C)O)OCCC(C)C(O)C(=O)OC[C@@]2(CC1)[C@]4(C)[C@]31CO1. The molecule has 0 amide bonds. The lowest BCUT2D eigenvalue weighted by Crippen LogP contribution is -2.66.